The molecule has 1 unspecified atom stereocenters. The number of rotatable bonds is 3. The summed E-state index contributed by atoms with van der Waals surface area (Å²) < 4.78 is 39.6. The van der Waals surface area contributed by atoms with Crippen molar-refractivity contribution in [3.63, 3.8) is 0 Å². The first-order chi connectivity index (χ1) is 8.97. The zero-order valence-electron chi connectivity index (χ0n) is 10.1. The van der Waals surface area contributed by atoms with E-state index in [2.05, 4.69) is 5.32 Å². The van der Waals surface area contributed by atoms with Crippen molar-refractivity contribution in [3.05, 3.63) is 64.4 Å². The molecule has 0 radical (unpaired) electrons. The Balaban J connectivity index is 2.23. The van der Waals surface area contributed by atoms with Gasteiger partial charge in [-0.05, 0) is 24.6 Å². The predicted octanol–water partition coefficient (Wildman–Crippen LogP) is 4.93. The second kappa shape index (κ2) is 5.53. The predicted molar refractivity (Wildman–Crippen MR) is 69.8 cm³/mol. The van der Waals surface area contributed by atoms with Crippen molar-refractivity contribution in [1.82, 2.24) is 0 Å². The van der Waals surface area contributed by atoms with Crippen LogP contribution in [-0.4, -0.2) is 0 Å². The van der Waals surface area contributed by atoms with Gasteiger partial charge in [-0.15, -0.1) is 0 Å². The molecule has 5 heteroatoms. The molecule has 0 amide bonds. The van der Waals surface area contributed by atoms with Crippen LogP contribution in [-0.2, 0) is 0 Å². The highest BCUT2D eigenvalue weighted by atomic mass is 35.5. The van der Waals surface area contributed by atoms with E-state index in [1.165, 1.54) is 0 Å². The van der Waals surface area contributed by atoms with Crippen LogP contribution in [0.15, 0.2) is 36.4 Å². The van der Waals surface area contributed by atoms with Gasteiger partial charge in [-0.3, -0.25) is 0 Å². The topological polar surface area (TPSA) is 12.0 Å². The van der Waals surface area contributed by atoms with Crippen molar-refractivity contribution >= 4 is 17.3 Å². The third-order valence-electron chi connectivity index (χ3n) is 2.74. The van der Waals surface area contributed by atoms with Crippen LogP contribution < -0.4 is 5.32 Å². The van der Waals surface area contributed by atoms with Gasteiger partial charge in [-0.1, -0.05) is 23.7 Å². The summed E-state index contributed by atoms with van der Waals surface area (Å²) in [7, 11) is 0. The van der Waals surface area contributed by atoms with Gasteiger partial charge in [-0.25, -0.2) is 13.2 Å². The molecule has 0 saturated carbocycles. The fourth-order valence-corrected chi connectivity index (χ4v) is 1.86. The van der Waals surface area contributed by atoms with Crippen molar-refractivity contribution in [2.45, 2.75) is 13.0 Å². The number of anilines is 1. The summed E-state index contributed by atoms with van der Waals surface area (Å²) in [6, 6.07) is 8.02. The van der Waals surface area contributed by atoms with Gasteiger partial charge >= 0.3 is 0 Å². The van der Waals surface area contributed by atoms with Gasteiger partial charge in [0, 0.05) is 23.2 Å². The van der Waals surface area contributed by atoms with E-state index in [9.17, 15) is 13.2 Å². The van der Waals surface area contributed by atoms with Crippen molar-refractivity contribution in [2.75, 3.05) is 5.32 Å². The Hall–Kier alpha value is -1.68. The van der Waals surface area contributed by atoms with Gasteiger partial charge in [0.25, 0.3) is 0 Å². The van der Waals surface area contributed by atoms with Crippen LogP contribution in [0.25, 0.3) is 0 Å². The summed E-state index contributed by atoms with van der Waals surface area (Å²) in [6.45, 7) is 1.76. The maximum Gasteiger partial charge on any atom is 0.182 e. The molecule has 0 heterocycles. The summed E-state index contributed by atoms with van der Waals surface area (Å²) in [5, 5.41) is 3.31. The van der Waals surface area contributed by atoms with Crippen LogP contribution >= 0.6 is 11.6 Å². The minimum Gasteiger partial charge on any atom is -0.376 e. The zero-order valence-corrected chi connectivity index (χ0v) is 10.8. The molecule has 0 spiro atoms. The molecule has 0 aliphatic carbocycles. The molecule has 1 atom stereocenters. The van der Waals surface area contributed by atoms with Crippen molar-refractivity contribution in [1.29, 1.82) is 0 Å². The molecule has 0 fully saturated rings. The lowest BCUT2D eigenvalue weighted by Gasteiger charge is -2.16. The Bertz CT molecular complexity index is 584. The normalized spacial score (nSPS) is 12.3. The van der Waals surface area contributed by atoms with Crippen molar-refractivity contribution < 1.29 is 13.2 Å². The molecule has 0 aliphatic heterocycles. The largest absolute Gasteiger partial charge is 0.376 e. The van der Waals surface area contributed by atoms with Crippen LogP contribution in [0.2, 0.25) is 5.02 Å². The lowest BCUT2D eigenvalue weighted by Crippen LogP contribution is -2.09. The second-order valence-electron chi connectivity index (χ2n) is 4.17. The molecule has 0 bridgehead atoms. The molecule has 19 heavy (non-hydrogen) atoms. The maximum atomic E-state index is 13.5. The summed E-state index contributed by atoms with van der Waals surface area (Å²) in [4.78, 5) is 0. The molecule has 100 valence electrons. The summed E-state index contributed by atoms with van der Waals surface area (Å²) in [6.07, 6.45) is 0. The Morgan fingerprint density at radius 1 is 1.05 bits per heavy atom. The van der Waals surface area contributed by atoms with Gasteiger partial charge < -0.3 is 5.32 Å². The minimum atomic E-state index is -1.22. The molecule has 2 rings (SSSR count). The highest BCUT2D eigenvalue weighted by Crippen LogP contribution is 2.25. The fourth-order valence-electron chi connectivity index (χ4n) is 1.73. The smallest absolute Gasteiger partial charge is 0.182 e. The molecular weight excluding hydrogens is 275 g/mol. The second-order valence-corrected chi connectivity index (χ2v) is 4.60. The highest BCUT2D eigenvalue weighted by molar-refractivity contribution is 6.30. The molecular formula is C14H11ClF3N. The average Bonchev–Trinajstić information content (AvgIpc) is 2.36. The Morgan fingerprint density at radius 3 is 2.32 bits per heavy atom. The third kappa shape index (κ3) is 3.20. The number of benzene rings is 2. The summed E-state index contributed by atoms with van der Waals surface area (Å²) >= 11 is 5.76. The summed E-state index contributed by atoms with van der Waals surface area (Å²) in [5.74, 6) is -3.14. The Morgan fingerprint density at radius 2 is 1.68 bits per heavy atom. The van der Waals surface area contributed by atoms with Crippen molar-refractivity contribution in [2.24, 2.45) is 0 Å². The summed E-state index contributed by atoms with van der Waals surface area (Å²) in [5.41, 5.74) is 0.619. The molecule has 1 N–H and O–H groups in total. The Kier molecular flexibility index (Phi) is 4.00. The van der Waals surface area contributed by atoms with E-state index < -0.39 is 17.5 Å². The first-order valence-corrected chi connectivity index (χ1v) is 6.01. The molecule has 0 aliphatic rings. The van der Waals surface area contributed by atoms with Crippen LogP contribution in [0.4, 0.5) is 18.9 Å². The maximum absolute atomic E-state index is 13.5. The van der Waals surface area contributed by atoms with Gasteiger partial charge in [0.2, 0.25) is 0 Å². The van der Waals surface area contributed by atoms with Crippen LogP contribution in [0.1, 0.15) is 18.5 Å². The van der Waals surface area contributed by atoms with E-state index in [-0.39, 0.29) is 11.7 Å². The van der Waals surface area contributed by atoms with Crippen molar-refractivity contribution in [3.8, 4) is 0 Å². The highest BCUT2D eigenvalue weighted by Gasteiger charge is 2.13. The lowest BCUT2D eigenvalue weighted by molar-refractivity contribution is 0.496. The molecule has 0 saturated heterocycles. The van der Waals surface area contributed by atoms with Gasteiger partial charge in [0.05, 0.1) is 5.69 Å². The van der Waals surface area contributed by atoms with E-state index in [4.69, 9.17) is 11.6 Å². The van der Waals surface area contributed by atoms with Gasteiger partial charge in [0.15, 0.2) is 11.6 Å². The fraction of sp³-hybridized carbons (Fsp3) is 0.143. The molecule has 2 aromatic rings. The van der Waals surface area contributed by atoms with E-state index in [0.29, 0.717) is 11.1 Å². The van der Waals surface area contributed by atoms with Crippen LogP contribution in [0.5, 0.6) is 0 Å². The van der Waals surface area contributed by atoms with Crippen LogP contribution in [0, 0.1) is 17.5 Å². The van der Waals surface area contributed by atoms with Gasteiger partial charge in [-0.2, -0.15) is 0 Å². The Labute approximate surface area is 114 Å². The van der Waals surface area contributed by atoms with E-state index in [0.717, 1.165) is 11.6 Å². The quantitative estimate of drug-likeness (QED) is 0.789. The molecule has 0 aromatic heterocycles. The van der Waals surface area contributed by atoms with E-state index in [1.807, 2.05) is 0 Å². The molecule has 2 aromatic carbocycles. The SMILES string of the molecule is CC(Nc1cc(F)cc(F)c1F)c1ccc(Cl)cc1. The average molecular weight is 286 g/mol. The number of halogens is 4. The first kappa shape index (κ1) is 13.7. The standard InChI is InChI=1S/C14H11ClF3N/c1-8(9-2-4-10(15)5-3-9)19-13-7-11(16)6-12(17)14(13)18/h2-8,19H,1H3. The van der Waals surface area contributed by atoms with E-state index >= 15 is 0 Å². The number of hydrogen-bond donors (Lipinski definition) is 1. The number of nitrogens with one attached hydrogen (secondary N) is 1. The molecule has 1 nitrogen and oxygen atoms in total. The number of hydrogen-bond acceptors (Lipinski definition) is 1. The van der Waals surface area contributed by atoms with Gasteiger partial charge in [0.1, 0.15) is 5.82 Å². The zero-order chi connectivity index (χ0) is 14.0. The van der Waals surface area contributed by atoms with E-state index in [1.54, 1.807) is 31.2 Å². The van der Waals surface area contributed by atoms with Crippen LogP contribution in [0.3, 0.4) is 0 Å². The lowest BCUT2D eigenvalue weighted by atomic mass is 10.1. The first-order valence-electron chi connectivity index (χ1n) is 5.64. The monoisotopic (exact) mass is 285 g/mol. The minimum absolute atomic E-state index is 0.208. The third-order valence-corrected chi connectivity index (χ3v) is 2.99.